The molecule has 1 N–H and O–H groups in total. The number of fused-ring (bicyclic) bond motifs is 3. The van der Waals surface area contributed by atoms with Crippen LogP contribution in [-0.4, -0.2) is 24.9 Å². The Hall–Kier alpha value is -1.81. The summed E-state index contributed by atoms with van der Waals surface area (Å²) in [4.78, 5) is 4.84. The summed E-state index contributed by atoms with van der Waals surface area (Å²) in [6, 6.07) is 4.07. The number of hydrogen-bond donors (Lipinski definition) is 1. The van der Waals surface area contributed by atoms with Crippen LogP contribution in [0.15, 0.2) is 12.1 Å². The third-order valence-electron chi connectivity index (χ3n) is 4.04. The topological polar surface area (TPSA) is 43.4 Å². The third kappa shape index (κ3) is 1.67. The fourth-order valence-corrected chi connectivity index (χ4v) is 3.00. The van der Waals surface area contributed by atoms with Gasteiger partial charge in [-0.1, -0.05) is 0 Å². The predicted octanol–water partition coefficient (Wildman–Crippen LogP) is 1.96. The van der Waals surface area contributed by atoms with E-state index < -0.39 is 0 Å². The highest BCUT2D eigenvalue weighted by atomic mass is 16.7. The molecule has 4 nitrogen and oxygen atoms in total. The number of aromatic nitrogens is 1. The van der Waals surface area contributed by atoms with E-state index >= 15 is 0 Å². The van der Waals surface area contributed by atoms with E-state index in [1.54, 1.807) is 0 Å². The zero-order valence-electron chi connectivity index (χ0n) is 11.0. The lowest BCUT2D eigenvalue weighted by Gasteiger charge is -2.12. The van der Waals surface area contributed by atoms with Gasteiger partial charge in [0.1, 0.15) is 0 Å². The monoisotopic (exact) mass is 256 g/mol. The number of rotatable bonds is 0. The molecule has 0 bridgehead atoms. The molecule has 0 fully saturated rings. The van der Waals surface area contributed by atoms with Crippen LogP contribution in [-0.2, 0) is 12.8 Å². The minimum atomic E-state index is 0.314. The Balaban J connectivity index is 1.99. The van der Waals surface area contributed by atoms with Gasteiger partial charge in [0, 0.05) is 30.1 Å². The lowest BCUT2D eigenvalue weighted by molar-refractivity contribution is 0.174. The maximum absolute atomic E-state index is 5.47. The Kier molecular flexibility index (Phi) is 2.38. The molecule has 2 aliphatic rings. The standard InChI is InChI=1S/C15H16N2O2/c1-9-10-2-4-16-5-3-12(10)17-13-7-15-14(6-11(9)13)18-8-19-15/h6-7,16H,2-5,8H2,1H3. The molecule has 98 valence electrons. The lowest BCUT2D eigenvalue weighted by Crippen LogP contribution is -2.16. The Morgan fingerprint density at radius 2 is 1.89 bits per heavy atom. The van der Waals surface area contributed by atoms with E-state index in [4.69, 9.17) is 14.5 Å². The van der Waals surface area contributed by atoms with Crippen LogP contribution < -0.4 is 14.8 Å². The van der Waals surface area contributed by atoms with E-state index in [0.29, 0.717) is 6.79 Å². The van der Waals surface area contributed by atoms with Gasteiger partial charge in [0.25, 0.3) is 0 Å². The molecule has 0 unspecified atom stereocenters. The van der Waals surface area contributed by atoms with E-state index in [1.165, 1.54) is 22.2 Å². The van der Waals surface area contributed by atoms with E-state index in [2.05, 4.69) is 18.3 Å². The van der Waals surface area contributed by atoms with Gasteiger partial charge in [-0.15, -0.1) is 0 Å². The molecule has 0 spiro atoms. The van der Waals surface area contributed by atoms with E-state index in [1.807, 2.05) is 6.07 Å². The summed E-state index contributed by atoms with van der Waals surface area (Å²) in [6.07, 6.45) is 2.05. The molecule has 19 heavy (non-hydrogen) atoms. The maximum Gasteiger partial charge on any atom is 0.231 e. The molecule has 2 aromatic rings. The quantitative estimate of drug-likeness (QED) is 0.782. The Morgan fingerprint density at radius 1 is 1.11 bits per heavy atom. The molecule has 0 saturated heterocycles. The van der Waals surface area contributed by atoms with Crippen molar-refractivity contribution in [2.45, 2.75) is 19.8 Å². The molecule has 0 saturated carbocycles. The fraction of sp³-hybridized carbons (Fsp3) is 0.400. The lowest BCUT2D eigenvalue weighted by atomic mass is 9.98. The van der Waals surface area contributed by atoms with Crippen molar-refractivity contribution in [1.29, 1.82) is 0 Å². The number of nitrogens with one attached hydrogen (secondary N) is 1. The predicted molar refractivity (Wildman–Crippen MR) is 72.9 cm³/mol. The first-order valence-electron chi connectivity index (χ1n) is 6.75. The normalized spacial score (nSPS) is 17.3. The minimum Gasteiger partial charge on any atom is -0.454 e. The van der Waals surface area contributed by atoms with Gasteiger partial charge >= 0.3 is 0 Å². The first-order valence-corrected chi connectivity index (χ1v) is 6.75. The SMILES string of the molecule is Cc1c2c(nc3cc4c(cc13)OCO4)CCNCC2. The Labute approximate surface area is 111 Å². The van der Waals surface area contributed by atoms with Crippen molar-refractivity contribution in [3.05, 3.63) is 29.0 Å². The Morgan fingerprint density at radius 3 is 2.79 bits per heavy atom. The number of ether oxygens (including phenoxy) is 2. The maximum atomic E-state index is 5.47. The molecule has 1 aromatic heterocycles. The fourth-order valence-electron chi connectivity index (χ4n) is 3.00. The molecule has 0 amide bonds. The number of nitrogens with zero attached hydrogens (tertiary/aromatic N) is 1. The van der Waals surface area contributed by atoms with Crippen molar-refractivity contribution in [3.63, 3.8) is 0 Å². The van der Waals surface area contributed by atoms with E-state index in [9.17, 15) is 0 Å². The van der Waals surface area contributed by atoms with Crippen LogP contribution in [0.1, 0.15) is 16.8 Å². The van der Waals surface area contributed by atoms with Crippen LogP contribution in [0.3, 0.4) is 0 Å². The van der Waals surface area contributed by atoms with Crippen LogP contribution in [0.5, 0.6) is 11.5 Å². The van der Waals surface area contributed by atoms with Gasteiger partial charge in [0.15, 0.2) is 11.5 Å². The summed E-state index contributed by atoms with van der Waals surface area (Å²) in [7, 11) is 0. The second-order valence-electron chi connectivity index (χ2n) is 5.13. The molecule has 2 aliphatic heterocycles. The number of hydrogen-bond acceptors (Lipinski definition) is 4. The van der Waals surface area contributed by atoms with Crippen LogP contribution in [0.2, 0.25) is 0 Å². The zero-order valence-corrected chi connectivity index (χ0v) is 11.0. The summed E-state index contributed by atoms with van der Waals surface area (Å²) >= 11 is 0. The minimum absolute atomic E-state index is 0.314. The van der Waals surface area contributed by atoms with Gasteiger partial charge in [-0.25, -0.2) is 0 Å². The first kappa shape index (κ1) is 11.1. The summed E-state index contributed by atoms with van der Waals surface area (Å²) in [5, 5.41) is 4.62. The van der Waals surface area contributed by atoms with Crippen molar-refractivity contribution in [3.8, 4) is 11.5 Å². The van der Waals surface area contributed by atoms with E-state index in [-0.39, 0.29) is 0 Å². The van der Waals surface area contributed by atoms with E-state index in [0.717, 1.165) is 42.9 Å². The molecule has 0 atom stereocenters. The van der Waals surface area contributed by atoms with Crippen molar-refractivity contribution in [2.24, 2.45) is 0 Å². The highest BCUT2D eigenvalue weighted by molar-refractivity contribution is 5.87. The molecule has 0 aliphatic carbocycles. The highest BCUT2D eigenvalue weighted by Gasteiger charge is 2.19. The van der Waals surface area contributed by atoms with Crippen LogP contribution in [0, 0.1) is 6.92 Å². The molecule has 1 aromatic carbocycles. The van der Waals surface area contributed by atoms with Gasteiger partial charge in [-0.2, -0.15) is 0 Å². The van der Waals surface area contributed by atoms with Crippen molar-refractivity contribution in [1.82, 2.24) is 10.3 Å². The zero-order chi connectivity index (χ0) is 12.8. The number of pyridine rings is 1. The number of benzene rings is 1. The summed E-state index contributed by atoms with van der Waals surface area (Å²) in [6.45, 7) is 4.55. The van der Waals surface area contributed by atoms with Crippen molar-refractivity contribution < 1.29 is 9.47 Å². The van der Waals surface area contributed by atoms with Crippen molar-refractivity contribution >= 4 is 10.9 Å². The van der Waals surface area contributed by atoms with Crippen LogP contribution in [0.25, 0.3) is 10.9 Å². The molecular weight excluding hydrogens is 240 g/mol. The Bertz CT molecular complexity index is 667. The largest absolute Gasteiger partial charge is 0.454 e. The molecule has 4 rings (SSSR count). The highest BCUT2D eigenvalue weighted by Crippen LogP contribution is 2.37. The first-order chi connectivity index (χ1) is 9.33. The third-order valence-corrected chi connectivity index (χ3v) is 4.04. The molecular formula is C15H16N2O2. The van der Waals surface area contributed by atoms with Gasteiger partial charge in [-0.05, 0) is 37.1 Å². The molecule has 4 heteroatoms. The van der Waals surface area contributed by atoms with Gasteiger partial charge in [-0.3, -0.25) is 4.98 Å². The average molecular weight is 256 g/mol. The number of aryl methyl sites for hydroxylation is 1. The van der Waals surface area contributed by atoms with Crippen molar-refractivity contribution in [2.75, 3.05) is 19.9 Å². The second-order valence-corrected chi connectivity index (χ2v) is 5.13. The molecule has 0 radical (unpaired) electrons. The summed E-state index contributed by atoms with van der Waals surface area (Å²) < 4.78 is 10.9. The summed E-state index contributed by atoms with van der Waals surface area (Å²) in [5.74, 6) is 1.65. The van der Waals surface area contributed by atoms with Gasteiger partial charge < -0.3 is 14.8 Å². The average Bonchev–Trinajstić information content (AvgIpc) is 2.73. The van der Waals surface area contributed by atoms with Crippen LogP contribution >= 0.6 is 0 Å². The van der Waals surface area contributed by atoms with Crippen LogP contribution in [0.4, 0.5) is 0 Å². The smallest absolute Gasteiger partial charge is 0.231 e. The van der Waals surface area contributed by atoms with Gasteiger partial charge in [0.05, 0.1) is 5.52 Å². The molecule has 3 heterocycles. The van der Waals surface area contributed by atoms with Gasteiger partial charge in [0.2, 0.25) is 6.79 Å². The second kappa shape index (κ2) is 4.10. The summed E-state index contributed by atoms with van der Waals surface area (Å²) in [5.41, 5.74) is 4.98.